The van der Waals surface area contributed by atoms with Gasteiger partial charge in [0.2, 0.25) is 0 Å². The van der Waals surface area contributed by atoms with Crippen molar-refractivity contribution in [2.24, 2.45) is 11.8 Å². The number of esters is 4. The molecule has 0 heterocycles. The summed E-state index contributed by atoms with van der Waals surface area (Å²) in [6.45, 7) is 9.58. The first-order valence-corrected chi connectivity index (χ1v) is 45.0. The van der Waals surface area contributed by atoms with Crippen LogP contribution in [-0.2, 0) is 65.4 Å². The highest BCUT2D eigenvalue weighted by Crippen LogP contribution is 2.45. The van der Waals surface area contributed by atoms with E-state index in [-0.39, 0.29) is 25.7 Å². The van der Waals surface area contributed by atoms with E-state index in [2.05, 4.69) is 41.5 Å². The number of aliphatic hydroxyl groups is 1. The standard InChI is InChI=1S/C81H158O17P2/c1-7-10-12-14-16-17-18-19-20-21-22-23-24-28-31-34-37-40-46-52-58-64-79(84)92-70-77(97-80(85)65-59-53-47-41-38-35-32-29-26-25-27-30-33-36-39-45-50-56-62-74(6)9-3)72-96-100(89,90)94-68-75(82)67-93-99(87,88)95-71-76(69-91-78(83)63-57-51-43-15-13-11-8-2)98-81(86)66-60-54-48-42-44-49-55-61-73(4)5/h73-77,82H,7-72H2,1-6H3,(H,87,88)(H,89,90)/t74?,75-,76+,77+/m0/s1. The molecule has 0 aromatic carbocycles. The second kappa shape index (κ2) is 72.6. The molecule has 3 N–H and O–H groups in total. The van der Waals surface area contributed by atoms with Crippen LogP contribution in [0.3, 0.4) is 0 Å². The van der Waals surface area contributed by atoms with Gasteiger partial charge in [0.25, 0.3) is 0 Å². The van der Waals surface area contributed by atoms with Crippen molar-refractivity contribution < 1.29 is 80.2 Å². The number of rotatable bonds is 80. The van der Waals surface area contributed by atoms with Gasteiger partial charge in [0.15, 0.2) is 12.2 Å². The Balaban J connectivity index is 5.13. The number of ether oxygens (including phenoxy) is 4. The maximum atomic E-state index is 13.1. The van der Waals surface area contributed by atoms with Crippen LogP contribution in [0.1, 0.15) is 427 Å². The zero-order valence-corrected chi connectivity index (χ0v) is 67.3. The first-order valence-electron chi connectivity index (χ1n) is 42.0. The Morgan fingerprint density at radius 1 is 0.290 bits per heavy atom. The molecule has 6 atom stereocenters. The quantitative estimate of drug-likeness (QED) is 0.0222. The van der Waals surface area contributed by atoms with Gasteiger partial charge in [0, 0.05) is 25.7 Å². The molecule has 0 bridgehead atoms. The van der Waals surface area contributed by atoms with Crippen molar-refractivity contribution in [2.75, 3.05) is 39.6 Å². The molecule has 0 aliphatic carbocycles. The van der Waals surface area contributed by atoms with Crippen molar-refractivity contribution in [1.82, 2.24) is 0 Å². The van der Waals surface area contributed by atoms with Crippen molar-refractivity contribution in [1.29, 1.82) is 0 Å². The smallest absolute Gasteiger partial charge is 0.462 e. The second-order valence-electron chi connectivity index (χ2n) is 29.9. The number of hydrogen-bond donors (Lipinski definition) is 3. The van der Waals surface area contributed by atoms with E-state index in [0.717, 1.165) is 109 Å². The topological polar surface area (TPSA) is 237 Å². The van der Waals surface area contributed by atoms with Crippen LogP contribution in [-0.4, -0.2) is 96.7 Å². The van der Waals surface area contributed by atoms with Crippen molar-refractivity contribution in [2.45, 2.75) is 445 Å². The van der Waals surface area contributed by atoms with Gasteiger partial charge in [0.1, 0.15) is 19.3 Å². The first kappa shape index (κ1) is 98.1. The largest absolute Gasteiger partial charge is 0.472 e. The molecule has 0 amide bonds. The van der Waals surface area contributed by atoms with Gasteiger partial charge in [-0.25, -0.2) is 9.13 Å². The number of phosphoric acid groups is 2. The number of phosphoric ester groups is 2. The molecule has 0 aromatic heterocycles. The highest BCUT2D eigenvalue weighted by molar-refractivity contribution is 7.47. The van der Waals surface area contributed by atoms with E-state index in [4.69, 9.17) is 37.0 Å². The first-order chi connectivity index (χ1) is 48.4. The molecule has 100 heavy (non-hydrogen) atoms. The maximum absolute atomic E-state index is 13.1. The van der Waals surface area contributed by atoms with Crippen LogP contribution in [0.15, 0.2) is 0 Å². The monoisotopic (exact) mass is 1470 g/mol. The van der Waals surface area contributed by atoms with Crippen molar-refractivity contribution in [3.63, 3.8) is 0 Å². The summed E-state index contributed by atoms with van der Waals surface area (Å²) in [6.07, 6.45) is 63.0. The SMILES string of the molecule is CCCCCCCCCCCCCCCCCCCCCCCC(=O)OC[C@H](COP(=O)(O)OC[C@@H](O)COP(=O)(O)OC[C@@H](COC(=O)CCCCCCCCC)OC(=O)CCCCCCCCCC(C)C)OC(=O)CCCCCCCCCCCCCCCCCCCCC(C)CC. The van der Waals surface area contributed by atoms with E-state index in [9.17, 15) is 43.2 Å². The molecule has 0 saturated carbocycles. The average Bonchev–Trinajstić information content (AvgIpc) is 0.985. The summed E-state index contributed by atoms with van der Waals surface area (Å²) in [5.41, 5.74) is 0. The number of carbonyl (C=O) groups is 4. The fourth-order valence-electron chi connectivity index (χ4n) is 12.5. The van der Waals surface area contributed by atoms with Crippen LogP contribution in [0.25, 0.3) is 0 Å². The Hall–Kier alpha value is -1.94. The summed E-state index contributed by atoms with van der Waals surface area (Å²) in [5, 5.41) is 10.6. The Labute approximate surface area is 613 Å². The normalized spacial score (nSPS) is 14.2. The number of hydrogen-bond acceptors (Lipinski definition) is 15. The van der Waals surface area contributed by atoms with Gasteiger partial charge in [-0.2, -0.15) is 0 Å². The molecule has 0 rings (SSSR count). The molecule has 0 radical (unpaired) electrons. The van der Waals surface area contributed by atoms with Gasteiger partial charge >= 0.3 is 39.5 Å². The average molecular weight is 1470 g/mol. The minimum Gasteiger partial charge on any atom is -0.462 e. The Bertz CT molecular complexity index is 1930. The molecule has 17 nitrogen and oxygen atoms in total. The van der Waals surface area contributed by atoms with E-state index in [1.807, 2.05) is 0 Å². The third kappa shape index (κ3) is 73.0. The molecule has 3 unspecified atom stereocenters. The predicted molar refractivity (Wildman–Crippen MR) is 409 cm³/mol. The van der Waals surface area contributed by atoms with Crippen LogP contribution in [0, 0.1) is 11.8 Å². The molecule has 594 valence electrons. The lowest BCUT2D eigenvalue weighted by atomic mass is 9.99. The van der Waals surface area contributed by atoms with Crippen LogP contribution in [0.4, 0.5) is 0 Å². The minimum atomic E-state index is -4.96. The molecular formula is C81H158O17P2. The van der Waals surface area contributed by atoms with E-state index in [1.165, 1.54) is 231 Å². The molecule has 0 aliphatic rings. The van der Waals surface area contributed by atoms with E-state index >= 15 is 0 Å². The van der Waals surface area contributed by atoms with Gasteiger partial charge < -0.3 is 33.8 Å². The van der Waals surface area contributed by atoms with E-state index in [1.54, 1.807) is 0 Å². The van der Waals surface area contributed by atoms with Gasteiger partial charge in [0.05, 0.1) is 26.4 Å². The highest BCUT2D eigenvalue weighted by atomic mass is 31.2. The summed E-state index contributed by atoms with van der Waals surface area (Å²) in [5.74, 6) is -0.552. The fourth-order valence-corrected chi connectivity index (χ4v) is 14.1. The van der Waals surface area contributed by atoms with Gasteiger partial charge in [-0.15, -0.1) is 0 Å². The second-order valence-corrected chi connectivity index (χ2v) is 32.8. The number of aliphatic hydroxyl groups excluding tert-OH is 1. The summed E-state index contributed by atoms with van der Waals surface area (Å²) >= 11 is 0. The zero-order chi connectivity index (χ0) is 73.5. The highest BCUT2D eigenvalue weighted by Gasteiger charge is 2.30. The number of unbranched alkanes of at least 4 members (excludes halogenated alkanes) is 49. The lowest BCUT2D eigenvalue weighted by Crippen LogP contribution is -2.30. The predicted octanol–water partition coefficient (Wildman–Crippen LogP) is 24.3. The fraction of sp³-hybridized carbons (Fsp3) is 0.951. The maximum Gasteiger partial charge on any atom is 0.472 e. The van der Waals surface area contributed by atoms with Gasteiger partial charge in [-0.1, -0.05) is 375 Å². The molecule has 0 aromatic rings. The van der Waals surface area contributed by atoms with Crippen LogP contribution >= 0.6 is 15.6 Å². The molecule has 0 aliphatic heterocycles. The molecule has 0 spiro atoms. The van der Waals surface area contributed by atoms with Crippen molar-refractivity contribution >= 4 is 39.5 Å². The van der Waals surface area contributed by atoms with Gasteiger partial charge in [-0.05, 0) is 37.5 Å². The van der Waals surface area contributed by atoms with Crippen LogP contribution in [0.5, 0.6) is 0 Å². The Kier molecular flexibility index (Phi) is 71.2. The van der Waals surface area contributed by atoms with Gasteiger partial charge in [-0.3, -0.25) is 37.3 Å². The number of carbonyl (C=O) groups excluding carboxylic acids is 4. The molecule has 19 heteroatoms. The minimum absolute atomic E-state index is 0.103. The van der Waals surface area contributed by atoms with Crippen molar-refractivity contribution in [3.8, 4) is 0 Å². The van der Waals surface area contributed by atoms with Crippen LogP contribution < -0.4 is 0 Å². The van der Waals surface area contributed by atoms with Crippen molar-refractivity contribution in [3.05, 3.63) is 0 Å². The summed E-state index contributed by atoms with van der Waals surface area (Å²) in [7, 11) is -9.91. The lowest BCUT2D eigenvalue weighted by molar-refractivity contribution is -0.161. The molecule has 0 saturated heterocycles. The summed E-state index contributed by atoms with van der Waals surface area (Å²) in [6, 6.07) is 0. The Morgan fingerprint density at radius 2 is 0.510 bits per heavy atom. The summed E-state index contributed by atoms with van der Waals surface area (Å²) in [4.78, 5) is 72.7. The molecule has 0 fully saturated rings. The Morgan fingerprint density at radius 3 is 0.760 bits per heavy atom. The molecular weight excluding hydrogens is 1310 g/mol. The van der Waals surface area contributed by atoms with E-state index in [0.29, 0.717) is 31.6 Å². The van der Waals surface area contributed by atoms with Crippen LogP contribution in [0.2, 0.25) is 0 Å². The zero-order valence-electron chi connectivity index (χ0n) is 65.5. The lowest BCUT2D eigenvalue weighted by Gasteiger charge is -2.21. The van der Waals surface area contributed by atoms with E-state index < -0.39 is 97.5 Å². The third-order valence-corrected chi connectivity index (χ3v) is 21.2. The third-order valence-electron chi connectivity index (χ3n) is 19.3. The summed E-state index contributed by atoms with van der Waals surface area (Å²) < 4.78 is 68.5.